The van der Waals surface area contributed by atoms with Crippen LogP contribution in [0.5, 0.6) is 0 Å². The molecule has 0 aromatic heterocycles. The molecule has 1 heterocycles. The van der Waals surface area contributed by atoms with Gasteiger partial charge >= 0.3 is 0 Å². The fourth-order valence-corrected chi connectivity index (χ4v) is 2.53. The van der Waals surface area contributed by atoms with Gasteiger partial charge in [-0.3, -0.25) is 4.90 Å². The van der Waals surface area contributed by atoms with Crippen LogP contribution < -0.4 is 0 Å². The standard InChI is InChI=1S/C14H20FNO/c1-2-12-10-16(7-6-14(12)17)9-11-4-3-5-13(15)8-11/h3-5,8,12,14,17H,2,6-7,9-10H2,1H3/t12-,14-/m0/s1. The van der Waals surface area contributed by atoms with Gasteiger partial charge in [0.25, 0.3) is 0 Å². The summed E-state index contributed by atoms with van der Waals surface area (Å²) in [5, 5.41) is 9.81. The highest BCUT2D eigenvalue weighted by atomic mass is 19.1. The van der Waals surface area contributed by atoms with Gasteiger partial charge in [-0.1, -0.05) is 19.1 Å². The monoisotopic (exact) mass is 237 g/mol. The van der Waals surface area contributed by atoms with Crippen LogP contribution in [0.25, 0.3) is 0 Å². The molecular formula is C14H20FNO. The number of benzene rings is 1. The highest BCUT2D eigenvalue weighted by Gasteiger charge is 2.26. The number of aliphatic hydroxyl groups excluding tert-OH is 1. The van der Waals surface area contributed by atoms with E-state index in [9.17, 15) is 9.50 Å². The second-order valence-corrected chi connectivity index (χ2v) is 4.89. The molecule has 1 aliphatic rings. The minimum atomic E-state index is -0.174. The molecule has 0 amide bonds. The van der Waals surface area contributed by atoms with Crippen molar-refractivity contribution in [1.29, 1.82) is 0 Å². The Kier molecular flexibility index (Phi) is 4.13. The molecule has 17 heavy (non-hydrogen) atoms. The van der Waals surface area contributed by atoms with E-state index >= 15 is 0 Å². The highest BCUT2D eigenvalue weighted by molar-refractivity contribution is 5.16. The summed E-state index contributed by atoms with van der Waals surface area (Å²) in [4.78, 5) is 2.30. The third-order valence-electron chi connectivity index (χ3n) is 3.60. The van der Waals surface area contributed by atoms with Crippen LogP contribution in [0.3, 0.4) is 0 Å². The first kappa shape index (κ1) is 12.5. The molecule has 0 spiro atoms. The highest BCUT2D eigenvalue weighted by Crippen LogP contribution is 2.21. The van der Waals surface area contributed by atoms with Gasteiger partial charge in [0.1, 0.15) is 5.82 Å². The van der Waals surface area contributed by atoms with Crippen molar-refractivity contribution in [2.75, 3.05) is 13.1 Å². The van der Waals surface area contributed by atoms with Gasteiger partial charge in [-0.25, -0.2) is 4.39 Å². The zero-order chi connectivity index (χ0) is 12.3. The Bertz CT molecular complexity index is 369. The van der Waals surface area contributed by atoms with Crippen LogP contribution in [-0.4, -0.2) is 29.2 Å². The van der Waals surface area contributed by atoms with Gasteiger partial charge in [0.15, 0.2) is 0 Å². The molecule has 3 heteroatoms. The fraction of sp³-hybridized carbons (Fsp3) is 0.571. The van der Waals surface area contributed by atoms with Crippen molar-refractivity contribution in [1.82, 2.24) is 4.90 Å². The van der Waals surface area contributed by atoms with Crippen molar-refractivity contribution in [2.24, 2.45) is 5.92 Å². The molecule has 1 fully saturated rings. The fourth-order valence-electron chi connectivity index (χ4n) is 2.53. The summed E-state index contributed by atoms with van der Waals surface area (Å²) in [6, 6.07) is 6.76. The largest absolute Gasteiger partial charge is 0.393 e. The molecule has 1 saturated heterocycles. The Morgan fingerprint density at radius 1 is 1.47 bits per heavy atom. The van der Waals surface area contributed by atoms with Gasteiger partial charge in [-0.2, -0.15) is 0 Å². The van der Waals surface area contributed by atoms with Crippen molar-refractivity contribution >= 4 is 0 Å². The number of hydrogen-bond acceptors (Lipinski definition) is 2. The number of hydrogen-bond donors (Lipinski definition) is 1. The summed E-state index contributed by atoms with van der Waals surface area (Å²) in [6.45, 7) is 4.70. The third kappa shape index (κ3) is 3.27. The lowest BCUT2D eigenvalue weighted by Gasteiger charge is -2.35. The molecule has 0 unspecified atom stereocenters. The molecule has 1 N–H and O–H groups in total. The van der Waals surface area contributed by atoms with Gasteiger partial charge in [0.05, 0.1) is 6.10 Å². The zero-order valence-electron chi connectivity index (χ0n) is 10.3. The SMILES string of the molecule is CC[C@H]1CN(Cc2cccc(F)c2)CC[C@@H]1O. The first-order valence-electron chi connectivity index (χ1n) is 6.34. The van der Waals surface area contributed by atoms with Crippen molar-refractivity contribution in [3.8, 4) is 0 Å². The number of nitrogens with zero attached hydrogens (tertiary/aromatic N) is 1. The van der Waals surface area contributed by atoms with Crippen molar-refractivity contribution < 1.29 is 9.50 Å². The van der Waals surface area contributed by atoms with E-state index in [0.29, 0.717) is 5.92 Å². The predicted octanol–water partition coefficient (Wildman–Crippen LogP) is 2.42. The van der Waals surface area contributed by atoms with Crippen LogP contribution >= 0.6 is 0 Å². The number of rotatable bonds is 3. The number of halogens is 1. The van der Waals surface area contributed by atoms with Gasteiger partial charge in [0.2, 0.25) is 0 Å². The van der Waals surface area contributed by atoms with E-state index in [2.05, 4.69) is 11.8 Å². The van der Waals surface area contributed by atoms with E-state index in [0.717, 1.165) is 38.0 Å². The molecule has 1 aromatic carbocycles. The summed E-state index contributed by atoms with van der Waals surface area (Å²) < 4.78 is 13.1. The lowest BCUT2D eigenvalue weighted by atomic mass is 9.92. The number of piperidine rings is 1. The molecule has 1 aliphatic heterocycles. The lowest BCUT2D eigenvalue weighted by molar-refractivity contribution is 0.0221. The van der Waals surface area contributed by atoms with Crippen molar-refractivity contribution in [3.63, 3.8) is 0 Å². The molecule has 0 saturated carbocycles. The average Bonchev–Trinajstić information content (AvgIpc) is 2.32. The molecular weight excluding hydrogens is 217 g/mol. The summed E-state index contributed by atoms with van der Waals surface area (Å²) >= 11 is 0. The van der Waals surface area contributed by atoms with Crippen LogP contribution in [-0.2, 0) is 6.54 Å². The van der Waals surface area contributed by atoms with Gasteiger partial charge < -0.3 is 5.11 Å². The molecule has 0 bridgehead atoms. The molecule has 2 rings (SSSR count). The van der Waals surface area contributed by atoms with E-state index in [1.807, 2.05) is 6.07 Å². The molecule has 1 aromatic rings. The van der Waals surface area contributed by atoms with Crippen LogP contribution in [0.4, 0.5) is 4.39 Å². The summed E-state index contributed by atoms with van der Waals surface area (Å²) in [5.41, 5.74) is 1.01. The van der Waals surface area contributed by atoms with Crippen LogP contribution in [0.1, 0.15) is 25.3 Å². The maximum absolute atomic E-state index is 13.1. The Hall–Kier alpha value is -0.930. The van der Waals surface area contributed by atoms with Crippen LogP contribution in [0.2, 0.25) is 0 Å². The van der Waals surface area contributed by atoms with E-state index in [-0.39, 0.29) is 11.9 Å². The zero-order valence-corrected chi connectivity index (χ0v) is 10.3. The van der Waals surface area contributed by atoms with E-state index in [1.165, 1.54) is 6.07 Å². The van der Waals surface area contributed by atoms with E-state index < -0.39 is 0 Å². The van der Waals surface area contributed by atoms with Crippen molar-refractivity contribution in [3.05, 3.63) is 35.6 Å². The number of likely N-dealkylation sites (tertiary alicyclic amines) is 1. The molecule has 94 valence electrons. The molecule has 2 atom stereocenters. The second kappa shape index (κ2) is 5.61. The molecule has 0 radical (unpaired) electrons. The maximum atomic E-state index is 13.1. The third-order valence-corrected chi connectivity index (χ3v) is 3.60. The van der Waals surface area contributed by atoms with Crippen molar-refractivity contribution in [2.45, 2.75) is 32.4 Å². The quantitative estimate of drug-likeness (QED) is 0.872. The van der Waals surface area contributed by atoms with E-state index in [4.69, 9.17) is 0 Å². The Balaban J connectivity index is 1.95. The Labute approximate surface area is 102 Å². The van der Waals surface area contributed by atoms with E-state index in [1.54, 1.807) is 12.1 Å². The average molecular weight is 237 g/mol. The lowest BCUT2D eigenvalue weighted by Crippen LogP contribution is -2.42. The smallest absolute Gasteiger partial charge is 0.123 e. The first-order chi connectivity index (χ1) is 8.19. The topological polar surface area (TPSA) is 23.5 Å². The Morgan fingerprint density at radius 3 is 3.00 bits per heavy atom. The second-order valence-electron chi connectivity index (χ2n) is 4.89. The minimum absolute atomic E-state index is 0.163. The van der Waals surface area contributed by atoms with Gasteiger partial charge in [0, 0.05) is 19.6 Å². The number of aliphatic hydroxyl groups is 1. The summed E-state index contributed by atoms with van der Waals surface area (Å²) in [7, 11) is 0. The van der Waals surface area contributed by atoms with Crippen LogP contribution in [0, 0.1) is 11.7 Å². The molecule has 0 aliphatic carbocycles. The maximum Gasteiger partial charge on any atom is 0.123 e. The normalized spacial score (nSPS) is 26.1. The predicted molar refractivity (Wildman–Crippen MR) is 66.1 cm³/mol. The minimum Gasteiger partial charge on any atom is -0.393 e. The Morgan fingerprint density at radius 2 is 2.29 bits per heavy atom. The first-order valence-corrected chi connectivity index (χ1v) is 6.34. The van der Waals surface area contributed by atoms with Crippen LogP contribution in [0.15, 0.2) is 24.3 Å². The van der Waals surface area contributed by atoms with Gasteiger partial charge in [-0.15, -0.1) is 0 Å². The van der Waals surface area contributed by atoms with Gasteiger partial charge in [-0.05, 0) is 36.5 Å². The molecule has 2 nitrogen and oxygen atoms in total. The summed E-state index contributed by atoms with van der Waals surface area (Å²) in [6.07, 6.45) is 1.66. The summed E-state index contributed by atoms with van der Waals surface area (Å²) in [5.74, 6) is 0.184.